The molecule has 0 aliphatic carbocycles. The minimum atomic E-state index is -0.793. The predicted octanol–water partition coefficient (Wildman–Crippen LogP) is 3.27. The summed E-state index contributed by atoms with van der Waals surface area (Å²) in [6.07, 6.45) is -0.591. The van der Waals surface area contributed by atoms with Crippen molar-refractivity contribution in [2.24, 2.45) is 0 Å². The van der Waals surface area contributed by atoms with E-state index in [9.17, 15) is 14.4 Å². The number of benzene rings is 2. The SMILES string of the molecule is CC1(C)SC[C@H](C(=O)NOCC(=O)OCc2ccccc2)N1C(=O)OCc1ccccc1. The Labute approximate surface area is 191 Å². The molecule has 1 aliphatic heterocycles. The van der Waals surface area contributed by atoms with E-state index >= 15 is 0 Å². The van der Waals surface area contributed by atoms with Crippen LogP contribution < -0.4 is 5.48 Å². The van der Waals surface area contributed by atoms with Crippen LogP contribution in [0.15, 0.2) is 60.7 Å². The van der Waals surface area contributed by atoms with Crippen molar-refractivity contribution in [2.75, 3.05) is 12.4 Å². The first-order chi connectivity index (χ1) is 15.4. The van der Waals surface area contributed by atoms with Crippen LogP contribution in [-0.4, -0.2) is 46.1 Å². The number of amides is 2. The van der Waals surface area contributed by atoms with Crippen LogP contribution in [0, 0.1) is 0 Å². The van der Waals surface area contributed by atoms with Crippen molar-refractivity contribution < 1.29 is 28.7 Å². The van der Waals surface area contributed by atoms with Gasteiger partial charge in [0.15, 0.2) is 6.61 Å². The Morgan fingerprint density at radius 2 is 1.53 bits per heavy atom. The van der Waals surface area contributed by atoms with Crippen LogP contribution in [0.5, 0.6) is 0 Å². The molecular formula is C23H26N2O6S. The zero-order valence-corrected chi connectivity index (χ0v) is 18.8. The summed E-state index contributed by atoms with van der Waals surface area (Å²) in [5.74, 6) is -0.772. The van der Waals surface area contributed by atoms with E-state index in [1.165, 1.54) is 16.7 Å². The van der Waals surface area contributed by atoms with Gasteiger partial charge in [0, 0.05) is 5.75 Å². The van der Waals surface area contributed by atoms with E-state index in [1.54, 1.807) is 0 Å². The van der Waals surface area contributed by atoms with Crippen molar-refractivity contribution in [1.82, 2.24) is 10.4 Å². The van der Waals surface area contributed by atoms with Crippen LogP contribution in [0.4, 0.5) is 4.79 Å². The van der Waals surface area contributed by atoms with E-state index < -0.39 is 35.5 Å². The molecule has 2 amide bonds. The molecule has 9 heteroatoms. The van der Waals surface area contributed by atoms with Crippen molar-refractivity contribution in [3.8, 4) is 0 Å². The van der Waals surface area contributed by atoms with E-state index in [1.807, 2.05) is 74.5 Å². The second-order valence-corrected chi connectivity index (χ2v) is 9.21. The summed E-state index contributed by atoms with van der Waals surface area (Å²) >= 11 is 1.46. The van der Waals surface area contributed by atoms with Crippen LogP contribution in [0.2, 0.25) is 0 Å². The fraction of sp³-hybridized carbons (Fsp3) is 0.348. The van der Waals surface area contributed by atoms with E-state index in [-0.39, 0.29) is 13.2 Å². The first-order valence-electron chi connectivity index (χ1n) is 10.1. The molecular weight excluding hydrogens is 432 g/mol. The molecule has 0 aromatic heterocycles. The topological polar surface area (TPSA) is 94.2 Å². The molecule has 0 unspecified atom stereocenters. The van der Waals surface area contributed by atoms with Gasteiger partial charge in [0.2, 0.25) is 0 Å². The second kappa shape index (κ2) is 11.0. The van der Waals surface area contributed by atoms with Gasteiger partial charge in [-0.2, -0.15) is 0 Å². The van der Waals surface area contributed by atoms with Crippen molar-refractivity contribution >= 4 is 29.7 Å². The predicted molar refractivity (Wildman–Crippen MR) is 119 cm³/mol. The van der Waals surface area contributed by atoms with Crippen LogP contribution >= 0.6 is 11.8 Å². The molecule has 3 rings (SSSR count). The van der Waals surface area contributed by atoms with Crippen LogP contribution in [0.25, 0.3) is 0 Å². The average Bonchev–Trinajstić information content (AvgIpc) is 3.12. The Morgan fingerprint density at radius 1 is 0.969 bits per heavy atom. The molecule has 1 fully saturated rings. The van der Waals surface area contributed by atoms with Gasteiger partial charge in [0.1, 0.15) is 19.3 Å². The third-order valence-electron chi connectivity index (χ3n) is 4.80. The quantitative estimate of drug-likeness (QED) is 0.479. The highest BCUT2D eigenvalue weighted by Crippen LogP contribution is 2.39. The molecule has 1 atom stereocenters. The van der Waals surface area contributed by atoms with Crippen molar-refractivity contribution in [1.29, 1.82) is 0 Å². The fourth-order valence-electron chi connectivity index (χ4n) is 3.15. The van der Waals surface area contributed by atoms with Crippen LogP contribution in [-0.2, 0) is 37.1 Å². The summed E-state index contributed by atoms with van der Waals surface area (Å²) in [6.45, 7) is 3.47. The average molecular weight is 459 g/mol. The smallest absolute Gasteiger partial charge is 0.411 e. The molecule has 2 aromatic rings. The second-order valence-electron chi connectivity index (χ2n) is 7.59. The highest BCUT2D eigenvalue weighted by molar-refractivity contribution is 8.00. The van der Waals surface area contributed by atoms with Gasteiger partial charge in [-0.15, -0.1) is 11.8 Å². The number of hydroxylamine groups is 1. The lowest BCUT2D eigenvalue weighted by molar-refractivity contribution is -0.157. The molecule has 8 nitrogen and oxygen atoms in total. The highest BCUT2D eigenvalue weighted by atomic mass is 32.2. The third-order valence-corrected chi connectivity index (χ3v) is 6.18. The summed E-state index contributed by atoms with van der Waals surface area (Å²) in [7, 11) is 0. The van der Waals surface area contributed by atoms with Gasteiger partial charge in [-0.05, 0) is 25.0 Å². The molecule has 0 spiro atoms. The largest absolute Gasteiger partial charge is 0.459 e. The molecule has 32 heavy (non-hydrogen) atoms. The summed E-state index contributed by atoms with van der Waals surface area (Å²) in [5, 5.41) is 0. The number of rotatable bonds is 8. The maximum absolute atomic E-state index is 12.7. The number of carbonyl (C=O) groups excluding carboxylic acids is 3. The summed E-state index contributed by atoms with van der Waals surface area (Å²) in [6, 6.07) is 17.7. The van der Waals surface area contributed by atoms with Gasteiger partial charge in [0.05, 0.1) is 4.87 Å². The van der Waals surface area contributed by atoms with Gasteiger partial charge < -0.3 is 9.47 Å². The lowest BCUT2D eigenvalue weighted by Crippen LogP contribution is -2.53. The minimum Gasteiger partial charge on any atom is -0.459 e. The Balaban J connectivity index is 1.47. The molecule has 1 N–H and O–H groups in total. The Bertz CT molecular complexity index is 923. The van der Waals surface area contributed by atoms with E-state index in [4.69, 9.17) is 14.3 Å². The Hall–Kier alpha value is -3.04. The van der Waals surface area contributed by atoms with Gasteiger partial charge in [-0.3, -0.25) is 14.5 Å². The third kappa shape index (κ3) is 6.48. The number of carbonyl (C=O) groups is 3. The first-order valence-corrected chi connectivity index (χ1v) is 11.1. The van der Waals surface area contributed by atoms with Crippen molar-refractivity contribution in [3.05, 3.63) is 71.8 Å². The monoisotopic (exact) mass is 458 g/mol. The molecule has 1 heterocycles. The summed E-state index contributed by atoms with van der Waals surface area (Å²) < 4.78 is 10.5. The molecule has 2 aromatic carbocycles. The minimum absolute atomic E-state index is 0.106. The summed E-state index contributed by atoms with van der Waals surface area (Å²) in [5.41, 5.74) is 3.95. The van der Waals surface area contributed by atoms with E-state index in [0.29, 0.717) is 5.75 Å². The van der Waals surface area contributed by atoms with Gasteiger partial charge >= 0.3 is 12.1 Å². The van der Waals surface area contributed by atoms with Gasteiger partial charge in [-0.1, -0.05) is 60.7 Å². The summed E-state index contributed by atoms with van der Waals surface area (Å²) in [4.78, 5) is 43.0. The van der Waals surface area contributed by atoms with Crippen molar-refractivity contribution in [2.45, 2.75) is 38.0 Å². The van der Waals surface area contributed by atoms with Gasteiger partial charge in [0.25, 0.3) is 5.91 Å². The molecule has 170 valence electrons. The number of ether oxygens (including phenoxy) is 2. The fourth-order valence-corrected chi connectivity index (χ4v) is 4.35. The zero-order valence-electron chi connectivity index (χ0n) is 18.0. The standard InChI is InChI=1S/C23H26N2O6S/c1-23(2)25(22(28)30-14-18-11-7-4-8-12-18)19(16-32-23)21(27)24-31-15-20(26)29-13-17-9-5-3-6-10-17/h3-12,19H,13-16H2,1-2H3,(H,24,27)/t19-/m1/s1. The Kier molecular flexibility index (Phi) is 8.13. The zero-order chi connectivity index (χ0) is 23.0. The maximum atomic E-state index is 12.7. The van der Waals surface area contributed by atoms with E-state index in [0.717, 1.165) is 11.1 Å². The number of hydrogen-bond donors (Lipinski definition) is 1. The lowest BCUT2D eigenvalue weighted by atomic mass is 10.2. The lowest BCUT2D eigenvalue weighted by Gasteiger charge is -2.32. The van der Waals surface area contributed by atoms with Crippen LogP contribution in [0.3, 0.4) is 0 Å². The van der Waals surface area contributed by atoms with E-state index in [2.05, 4.69) is 5.48 Å². The molecule has 0 radical (unpaired) electrons. The number of thioether (sulfide) groups is 1. The molecule has 0 bridgehead atoms. The van der Waals surface area contributed by atoms with Gasteiger partial charge in [-0.25, -0.2) is 15.1 Å². The first kappa shape index (κ1) is 23.6. The molecule has 1 saturated heterocycles. The molecule has 0 saturated carbocycles. The maximum Gasteiger partial charge on any atom is 0.411 e. The van der Waals surface area contributed by atoms with Crippen molar-refractivity contribution in [3.63, 3.8) is 0 Å². The number of esters is 1. The number of hydrogen-bond acceptors (Lipinski definition) is 7. The number of nitrogens with one attached hydrogen (secondary N) is 1. The highest BCUT2D eigenvalue weighted by Gasteiger charge is 2.47. The molecule has 1 aliphatic rings. The Morgan fingerprint density at radius 3 is 2.12 bits per heavy atom. The van der Waals surface area contributed by atoms with Crippen LogP contribution in [0.1, 0.15) is 25.0 Å². The number of nitrogens with zero attached hydrogens (tertiary/aromatic N) is 1. The normalized spacial score (nSPS) is 16.9.